The van der Waals surface area contributed by atoms with Crippen LogP contribution >= 0.6 is 11.3 Å². The number of hydrogen-bond acceptors (Lipinski definition) is 7. The zero-order valence-electron chi connectivity index (χ0n) is 17.5. The molecule has 0 N–H and O–H groups in total. The van der Waals surface area contributed by atoms with Crippen LogP contribution in [0, 0.1) is 0 Å². The maximum Gasteiger partial charge on any atom is 0.255 e. The van der Waals surface area contributed by atoms with Gasteiger partial charge in [-0.15, -0.1) is 11.3 Å². The first-order valence-corrected chi connectivity index (χ1v) is 11.6. The van der Waals surface area contributed by atoms with Gasteiger partial charge < -0.3 is 9.80 Å². The molecule has 2 aliphatic heterocycles. The predicted molar refractivity (Wildman–Crippen MR) is 118 cm³/mol. The molecule has 30 heavy (non-hydrogen) atoms. The summed E-state index contributed by atoms with van der Waals surface area (Å²) in [5.74, 6) is 0.937. The number of carbonyl (C=O) groups is 2. The van der Waals surface area contributed by atoms with E-state index < -0.39 is 0 Å². The number of unbranched alkanes of at least 4 members (excludes halogenated alkanes) is 1. The molecule has 1 fully saturated rings. The van der Waals surface area contributed by atoms with Gasteiger partial charge >= 0.3 is 0 Å². The summed E-state index contributed by atoms with van der Waals surface area (Å²) in [5, 5.41) is 1.93. The van der Waals surface area contributed by atoms with Gasteiger partial charge in [0.2, 0.25) is 5.95 Å². The summed E-state index contributed by atoms with van der Waals surface area (Å²) in [4.78, 5) is 41.2. The van der Waals surface area contributed by atoms with Crippen molar-refractivity contribution in [3.63, 3.8) is 0 Å². The average Bonchev–Trinajstić information content (AvgIpc) is 3.20. The maximum atomic E-state index is 12.9. The molecule has 160 valence electrons. The van der Waals surface area contributed by atoms with Gasteiger partial charge in [0, 0.05) is 56.5 Å². The highest BCUT2D eigenvalue weighted by molar-refractivity contribution is 7.10. The minimum absolute atomic E-state index is 0.0893. The molecule has 1 unspecified atom stereocenters. The molecule has 0 saturated carbocycles. The summed E-state index contributed by atoms with van der Waals surface area (Å²) in [6.45, 7) is 8.03. The van der Waals surface area contributed by atoms with Gasteiger partial charge in [0.05, 0.1) is 11.5 Å². The molecule has 0 aromatic carbocycles. The molecule has 1 atom stereocenters. The summed E-state index contributed by atoms with van der Waals surface area (Å²) < 4.78 is 0. The predicted octanol–water partition coefficient (Wildman–Crippen LogP) is 2.66. The molecule has 0 spiro atoms. The van der Waals surface area contributed by atoms with Gasteiger partial charge in [-0.1, -0.05) is 0 Å². The fourth-order valence-electron chi connectivity index (χ4n) is 4.32. The molecule has 0 radical (unpaired) electrons. The Morgan fingerprint density at radius 3 is 2.57 bits per heavy atom. The highest BCUT2D eigenvalue weighted by Crippen LogP contribution is 2.33. The van der Waals surface area contributed by atoms with Crippen LogP contribution in [-0.4, -0.2) is 77.3 Å². The molecule has 7 nitrogen and oxygen atoms in total. The SMILES string of the molecule is CC(=O)C1CCN(CCCCN2CCN(c3ncccn3)CC2)C(=O)c2ccsc21. The first kappa shape index (κ1) is 20.9. The molecule has 2 aromatic heterocycles. The van der Waals surface area contributed by atoms with Crippen molar-refractivity contribution in [2.45, 2.75) is 32.1 Å². The van der Waals surface area contributed by atoms with Gasteiger partial charge in [0.15, 0.2) is 0 Å². The number of anilines is 1. The number of ketones is 1. The molecule has 0 aliphatic carbocycles. The number of nitrogens with zero attached hydrogens (tertiary/aromatic N) is 5. The molecule has 4 rings (SSSR count). The Kier molecular flexibility index (Phi) is 6.74. The highest BCUT2D eigenvalue weighted by atomic mass is 32.1. The number of Topliss-reactive ketones (excluding diaryl/α,β-unsaturated/α-hetero) is 1. The van der Waals surface area contributed by atoms with E-state index in [0.29, 0.717) is 6.54 Å². The summed E-state index contributed by atoms with van der Waals surface area (Å²) in [6, 6.07) is 3.72. The van der Waals surface area contributed by atoms with E-state index in [-0.39, 0.29) is 17.6 Å². The van der Waals surface area contributed by atoms with Crippen molar-refractivity contribution in [2.24, 2.45) is 0 Å². The number of hydrogen-bond donors (Lipinski definition) is 0. The minimum Gasteiger partial charge on any atom is -0.339 e. The fourth-order valence-corrected chi connectivity index (χ4v) is 5.40. The Bertz CT molecular complexity index is 863. The van der Waals surface area contributed by atoms with Crippen LogP contribution < -0.4 is 4.90 Å². The Hall–Kier alpha value is -2.32. The molecular formula is C22H29N5O2S. The van der Waals surface area contributed by atoms with Crippen molar-refractivity contribution >= 4 is 29.0 Å². The lowest BCUT2D eigenvalue weighted by atomic mass is 9.98. The Balaban J connectivity index is 1.22. The first-order valence-electron chi connectivity index (χ1n) is 10.7. The van der Waals surface area contributed by atoms with E-state index in [0.717, 1.165) is 74.9 Å². The molecule has 1 saturated heterocycles. The van der Waals surface area contributed by atoms with Crippen LogP contribution in [0.3, 0.4) is 0 Å². The van der Waals surface area contributed by atoms with Crippen molar-refractivity contribution in [3.8, 4) is 0 Å². The molecule has 0 bridgehead atoms. The van der Waals surface area contributed by atoms with E-state index in [1.165, 1.54) is 11.3 Å². The lowest BCUT2D eigenvalue weighted by molar-refractivity contribution is -0.118. The van der Waals surface area contributed by atoms with Crippen molar-refractivity contribution in [3.05, 3.63) is 40.3 Å². The molecule has 1 amide bonds. The van der Waals surface area contributed by atoms with E-state index in [1.807, 2.05) is 22.4 Å². The van der Waals surface area contributed by atoms with Gasteiger partial charge in [-0.3, -0.25) is 14.5 Å². The summed E-state index contributed by atoms with van der Waals surface area (Å²) >= 11 is 1.54. The molecule has 2 aromatic rings. The minimum atomic E-state index is -0.126. The van der Waals surface area contributed by atoms with Crippen LogP contribution in [0.15, 0.2) is 29.9 Å². The van der Waals surface area contributed by atoms with E-state index in [4.69, 9.17) is 0 Å². The van der Waals surface area contributed by atoms with Crippen LogP contribution in [0.25, 0.3) is 0 Å². The second-order valence-electron chi connectivity index (χ2n) is 8.03. The van der Waals surface area contributed by atoms with Crippen LogP contribution in [0.1, 0.15) is 47.3 Å². The molecular weight excluding hydrogens is 398 g/mol. The second kappa shape index (κ2) is 9.66. The Morgan fingerprint density at radius 1 is 1.10 bits per heavy atom. The lowest BCUT2D eigenvalue weighted by Gasteiger charge is -2.34. The fraction of sp³-hybridized carbons (Fsp3) is 0.545. The maximum absolute atomic E-state index is 12.9. The molecule has 8 heteroatoms. The van der Waals surface area contributed by atoms with Gasteiger partial charge in [0.25, 0.3) is 5.91 Å². The van der Waals surface area contributed by atoms with E-state index in [9.17, 15) is 9.59 Å². The summed E-state index contributed by atoms with van der Waals surface area (Å²) in [6.07, 6.45) is 6.36. The third-order valence-corrected chi connectivity index (χ3v) is 7.10. The topological polar surface area (TPSA) is 69.6 Å². The van der Waals surface area contributed by atoms with Crippen LogP contribution in [0.5, 0.6) is 0 Å². The van der Waals surface area contributed by atoms with Crippen LogP contribution in [0.2, 0.25) is 0 Å². The molecule has 2 aliphatic rings. The number of carbonyl (C=O) groups excluding carboxylic acids is 2. The lowest BCUT2D eigenvalue weighted by Crippen LogP contribution is -2.47. The van der Waals surface area contributed by atoms with E-state index >= 15 is 0 Å². The van der Waals surface area contributed by atoms with Crippen molar-refractivity contribution in [1.29, 1.82) is 0 Å². The smallest absolute Gasteiger partial charge is 0.255 e. The Morgan fingerprint density at radius 2 is 1.83 bits per heavy atom. The number of thiophene rings is 1. The zero-order chi connectivity index (χ0) is 20.9. The van der Waals surface area contributed by atoms with Gasteiger partial charge in [-0.25, -0.2) is 9.97 Å². The van der Waals surface area contributed by atoms with Crippen molar-refractivity contribution in [1.82, 2.24) is 19.8 Å². The summed E-state index contributed by atoms with van der Waals surface area (Å²) in [7, 11) is 0. The average molecular weight is 428 g/mol. The third kappa shape index (κ3) is 4.70. The number of aromatic nitrogens is 2. The second-order valence-corrected chi connectivity index (χ2v) is 8.97. The number of fused-ring (bicyclic) bond motifs is 1. The van der Waals surface area contributed by atoms with Gasteiger partial charge in [-0.05, 0) is 50.2 Å². The first-order chi connectivity index (χ1) is 14.6. The number of rotatable bonds is 7. The normalized spacial score (nSPS) is 20.2. The third-order valence-electron chi connectivity index (χ3n) is 6.07. The molecule has 4 heterocycles. The van der Waals surface area contributed by atoms with Crippen molar-refractivity contribution < 1.29 is 9.59 Å². The monoisotopic (exact) mass is 427 g/mol. The van der Waals surface area contributed by atoms with E-state index in [1.54, 1.807) is 19.3 Å². The van der Waals surface area contributed by atoms with Gasteiger partial charge in [0.1, 0.15) is 5.78 Å². The zero-order valence-corrected chi connectivity index (χ0v) is 18.3. The van der Waals surface area contributed by atoms with Crippen LogP contribution in [-0.2, 0) is 4.79 Å². The number of amides is 1. The highest BCUT2D eigenvalue weighted by Gasteiger charge is 2.31. The Labute approximate surface area is 181 Å². The standard InChI is InChI=1S/C22H29N5O2S/c1-17(28)18-5-11-26(21(29)19-6-16-30-20(18)19)10-3-2-9-25-12-14-27(15-13-25)22-23-7-4-8-24-22/h4,6-8,16,18H,2-3,5,9-15H2,1H3. The van der Waals surface area contributed by atoms with E-state index in [2.05, 4.69) is 19.8 Å². The number of piperazine rings is 1. The van der Waals surface area contributed by atoms with Crippen LogP contribution in [0.4, 0.5) is 5.95 Å². The van der Waals surface area contributed by atoms with Gasteiger partial charge in [-0.2, -0.15) is 0 Å². The largest absolute Gasteiger partial charge is 0.339 e. The quantitative estimate of drug-likeness (QED) is 0.633. The van der Waals surface area contributed by atoms with Crippen molar-refractivity contribution in [2.75, 3.05) is 50.7 Å². The summed E-state index contributed by atoms with van der Waals surface area (Å²) in [5.41, 5.74) is 0.733.